The van der Waals surface area contributed by atoms with Gasteiger partial charge in [-0.25, -0.2) is 0 Å². The normalized spacial score (nSPS) is 10.9. The van der Waals surface area contributed by atoms with Crippen LogP contribution in [0.5, 0.6) is 11.5 Å². The quantitative estimate of drug-likeness (QED) is 0.336. The van der Waals surface area contributed by atoms with Crippen molar-refractivity contribution >= 4 is 35.2 Å². The molecule has 0 aliphatic carbocycles. The Morgan fingerprint density at radius 3 is 2.41 bits per heavy atom. The van der Waals surface area contributed by atoms with E-state index in [0.717, 1.165) is 5.56 Å². The number of methoxy groups -OCH3 is 1. The van der Waals surface area contributed by atoms with E-state index in [1.54, 1.807) is 36.4 Å². The first-order valence-corrected chi connectivity index (χ1v) is 10.4. The number of rotatable bonds is 8. The monoisotopic (exact) mass is 466 g/mol. The first-order chi connectivity index (χ1) is 15.5. The van der Waals surface area contributed by atoms with Crippen LogP contribution in [0, 0.1) is 11.3 Å². The van der Waals surface area contributed by atoms with Crippen LogP contribution in [0.1, 0.15) is 16.7 Å². The highest BCUT2D eigenvalue weighted by molar-refractivity contribution is 6.35. The highest BCUT2D eigenvalue weighted by Crippen LogP contribution is 2.32. The lowest BCUT2D eigenvalue weighted by atomic mass is 10.1. The first-order valence-electron chi connectivity index (χ1n) is 9.69. The van der Waals surface area contributed by atoms with E-state index >= 15 is 0 Å². The Kier molecular flexibility index (Phi) is 8.15. The van der Waals surface area contributed by atoms with Gasteiger partial charge in [-0.15, -0.1) is 0 Å². The average molecular weight is 467 g/mol. The maximum atomic E-state index is 12.4. The van der Waals surface area contributed by atoms with Gasteiger partial charge in [-0.1, -0.05) is 65.7 Å². The molecular formula is C25H20Cl2N2O3. The summed E-state index contributed by atoms with van der Waals surface area (Å²) in [5.74, 6) is 0.473. The molecule has 3 aromatic rings. The summed E-state index contributed by atoms with van der Waals surface area (Å²) in [5, 5.41) is 13.2. The SMILES string of the molecule is COc1cc(/C=C(/C#N)C(=O)NCc2ccccc2)ccc1OCc1c(Cl)cccc1Cl. The van der Waals surface area contributed by atoms with Crippen LogP contribution in [-0.2, 0) is 17.9 Å². The van der Waals surface area contributed by atoms with Crippen molar-refractivity contribution in [1.82, 2.24) is 5.32 Å². The van der Waals surface area contributed by atoms with Gasteiger partial charge in [-0.2, -0.15) is 5.26 Å². The molecule has 1 amide bonds. The molecule has 0 saturated carbocycles. The second-order valence-corrected chi connectivity index (χ2v) is 7.55. The van der Waals surface area contributed by atoms with Crippen LogP contribution in [0.15, 0.2) is 72.3 Å². The van der Waals surface area contributed by atoms with Crippen LogP contribution in [0.2, 0.25) is 10.0 Å². The molecule has 0 radical (unpaired) electrons. The molecule has 5 nitrogen and oxygen atoms in total. The molecule has 0 unspecified atom stereocenters. The third-order valence-corrected chi connectivity index (χ3v) is 5.30. The van der Waals surface area contributed by atoms with E-state index in [4.69, 9.17) is 32.7 Å². The molecule has 0 aliphatic heterocycles. The van der Waals surface area contributed by atoms with Gasteiger partial charge < -0.3 is 14.8 Å². The lowest BCUT2D eigenvalue weighted by Gasteiger charge is -2.13. The number of carbonyl (C=O) groups excluding carboxylic acids is 1. The zero-order chi connectivity index (χ0) is 22.9. The van der Waals surface area contributed by atoms with Crippen molar-refractivity contribution in [3.05, 3.63) is 99.0 Å². The molecule has 0 heterocycles. The van der Waals surface area contributed by atoms with Crippen molar-refractivity contribution in [2.75, 3.05) is 7.11 Å². The van der Waals surface area contributed by atoms with Gasteiger partial charge in [-0.05, 0) is 41.5 Å². The van der Waals surface area contributed by atoms with Gasteiger partial charge in [0.25, 0.3) is 5.91 Å². The van der Waals surface area contributed by atoms with E-state index in [0.29, 0.717) is 39.2 Å². The molecule has 0 aromatic heterocycles. The molecular weight excluding hydrogens is 447 g/mol. The maximum Gasteiger partial charge on any atom is 0.262 e. The molecule has 0 spiro atoms. The minimum absolute atomic E-state index is 0.0144. The third-order valence-electron chi connectivity index (χ3n) is 4.59. The topological polar surface area (TPSA) is 71.3 Å². The van der Waals surface area contributed by atoms with Crippen molar-refractivity contribution in [3.63, 3.8) is 0 Å². The van der Waals surface area contributed by atoms with Gasteiger partial charge in [0.15, 0.2) is 11.5 Å². The molecule has 1 N–H and O–H groups in total. The molecule has 0 fully saturated rings. The van der Waals surface area contributed by atoms with Gasteiger partial charge in [-0.3, -0.25) is 4.79 Å². The number of carbonyl (C=O) groups is 1. The number of nitrogens with one attached hydrogen (secondary N) is 1. The van der Waals surface area contributed by atoms with Gasteiger partial charge >= 0.3 is 0 Å². The number of nitriles is 1. The molecule has 0 bridgehead atoms. The summed E-state index contributed by atoms with van der Waals surface area (Å²) in [4.78, 5) is 12.4. The second kappa shape index (κ2) is 11.2. The van der Waals surface area contributed by atoms with E-state index in [9.17, 15) is 10.1 Å². The molecule has 7 heteroatoms. The first kappa shape index (κ1) is 23.2. The van der Waals surface area contributed by atoms with Gasteiger partial charge in [0.05, 0.1) is 7.11 Å². The summed E-state index contributed by atoms with van der Waals surface area (Å²) in [6, 6.07) is 21.8. The summed E-state index contributed by atoms with van der Waals surface area (Å²) in [6.07, 6.45) is 1.50. The lowest BCUT2D eigenvalue weighted by Crippen LogP contribution is -2.23. The minimum Gasteiger partial charge on any atom is -0.493 e. The maximum absolute atomic E-state index is 12.4. The average Bonchev–Trinajstić information content (AvgIpc) is 2.81. The number of amides is 1. The molecule has 3 aromatic carbocycles. The number of hydrogen-bond donors (Lipinski definition) is 1. The summed E-state index contributed by atoms with van der Waals surface area (Å²) in [5.41, 5.74) is 2.22. The van der Waals surface area contributed by atoms with Crippen LogP contribution in [0.4, 0.5) is 0 Å². The Morgan fingerprint density at radius 1 is 1.03 bits per heavy atom. The van der Waals surface area contributed by atoms with Crippen molar-refractivity contribution in [2.45, 2.75) is 13.2 Å². The Balaban J connectivity index is 1.72. The fraction of sp³-hybridized carbons (Fsp3) is 0.120. The Hall–Kier alpha value is -3.46. The zero-order valence-corrected chi connectivity index (χ0v) is 18.8. The van der Waals surface area contributed by atoms with Crippen molar-refractivity contribution < 1.29 is 14.3 Å². The summed E-state index contributed by atoms with van der Waals surface area (Å²) >= 11 is 12.4. The molecule has 32 heavy (non-hydrogen) atoms. The van der Waals surface area contributed by atoms with Crippen LogP contribution in [0.3, 0.4) is 0 Å². The second-order valence-electron chi connectivity index (χ2n) is 6.74. The molecule has 162 valence electrons. The van der Waals surface area contributed by atoms with Gasteiger partial charge in [0, 0.05) is 22.2 Å². The van der Waals surface area contributed by atoms with Crippen LogP contribution < -0.4 is 14.8 Å². The number of ether oxygens (including phenoxy) is 2. The minimum atomic E-state index is -0.455. The smallest absolute Gasteiger partial charge is 0.262 e. The summed E-state index contributed by atoms with van der Waals surface area (Å²) < 4.78 is 11.3. The zero-order valence-electron chi connectivity index (χ0n) is 17.3. The predicted molar refractivity (Wildman–Crippen MR) is 126 cm³/mol. The lowest BCUT2D eigenvalue weighted by molar-refractivity contribution is -0.117. The third kappa shape index (κ3) is 6.04. The van der Waals surface area contributed by atoms with Crippen LogP contribution >= 0.6 is 23.2 Å². The number of halogens is 2. The van der Waals surface area contributed by atoms with E-state index in [-0.39, 0.29) is 12.2 Å². The highest BCUT2D eigenvalue weighted by atomic mass is 35.5. The molecule has 0 saturated heterocycles. The highest BCUT2D eigenvalue weighted by Gasteiger charge is 2.12. The summed E-state index contributed by atoms with van der Waals surface area (Å²) in [7, 11) is 1.51. The number of benzene rings is 3. The molecule has 3 rings (SSSR count). The molecule has 0 aliphatic rings. The van der Waals surface area contributed by atoms with Gasteiger partial charge in [0.2, 0.25) is 0 Å². The number of hydrogen-bond acceptors (Lipinski definition) is 4. The van der Waals surface area contributed by atoms with Crippen molar-refractivity contribution in [2.24, 2.45) is 0 Å². The largest absolute Gasteiger partial charge is 0.493 e. The fourth-order valence-corrected chi connectivity index (χ4v) is 3.41. The molecule has 0 atom stereocenters. The van der Waals surface area contributed by atoms with E-state index in [1.807, 2.05) is 36.4 Å². The fourth-order valence-electron chi connectivity index (χ4n) is 2.90. The summed E-state index contributed by atoms with van der Waals surface area (Å²) in [6.45, 7) is 0.495. The van der Waals surface area contributed by atoms with Crippen LogP contribution in [-0.4, -0.2) is 13.0 Å². The Morgan fingerprint density at radius 2 is 1.75 bits per heavy atom. The standard InChI is InChI=1S/C25H20Cl2N2O3/c1-31-24-13-18(10-11-23(24)32-16-20-21(26)8-5-9-22(20)27)12-19(14-28)25(30)29-15-17-6-3-2-4-7-17/h2-13H,15-16H2,1H3,(H,29,30)/b19-12-. The van der Waals surface area contributed by atoms with E-state index < -0.39 is 5.91 Å². The van der Waals surface area contributed by atoms with Crippen molar-refractivity contribution in [3.8, 4) is 17.6 Å². The number of nitrogens with zero attached hydrogens (tertiary/aromatic N) is 1. The van der Waals surface area contributed by atoms with E-state index in [1.165, 1.54) is 13.2 Å². The van der Waals surface area contributed by atoms with Gasteiger partial charge in [0.1, 0.15) is 18.2 Å². The predicted octanol–water partition coefficient (Wildman–Crippen LogP) is 5.80. The van der Waals surface area contributed by atoms with Crippen molar-refractivity contribution in [1.29, 1.82) is 5.26 Å². The Bertz CT molecular complexity index is 1150. The van der Waals surface area contributed by atoms with E-state index in [2.05, 4.69) is 5.32 Å². The van der Waals surface area contributed by atoms with Crippen LogP contribution in [0.25, 0.3) is 6.08 Å². The Labute approximate surface area is 196 Å².